The zero-order chi connectivity index (χ0) is 13.1. The van der Waals surface area contributed by atoms with Crippen molar-refractivity contribution < 1.29 is 9.90 Å². The lowest BCUT2D eigenvalue weighted by Crippen LogP contribution is -2.39. The molecule has 4 heteroatoms. The van der Waals surface area contributed by atoms with Gasteiger partial charge in [-0.1, -0.05) is 6.07 Å². The number of anilines is 1. The summed E-state index contributed by atoms with van der Waals surface area (Å²) in [6, 6.07) is 5.89. The van der Waals surface area contributed by atoms with Crippen molar-refractivity contribution in [3.8, 4) is 0 Å². The summed E-state index contributed by atoms with van der Waals surface area (Å²) in [5, 5.41) is 12.3. The molecule has 18 heavy (non-hydrogen) atoms. The molecule has 98 valence electrons. The van der Waals surface area contributed by atoms with E-state index in [4.69, 9.17) is 5.11 Å². The molecule has 1 aromatic carbocycles. The molecule has 0 fully saturated rings. The Kier molecular flexibility index (Phi) is 3.87. The number of nitrogens with one attached hydrogen (secondary N) is 1. The van der Waals surface area contributed by atoms with Crippen molar-refractivity contribution in [1.29, 1.82) is 0 Å². The van der Waals surface area contributed by atoms with Gasteiger partial charge in [0.15, 0.2) is 0 Å². The van der Waals surface area contributed by atoms with Gasteiger partial charge < -0.3 is 15.3 Å². The van der Waals surface area contributed by atoms with E-state index in [0.717, 1.165) is 18.7 Å². The largest absolute Gasteiger partial charge is 0.395 e. The van der Waals surface area contributed by atoms with Crippen LogP contribution in [-0.4, -0.2) is 41.7 Å². The molecule has 0 radical (unpaired) electrons. The second kappa shape index (κ2) is 5.40. The van der Waals surface area contributed by atoms with Crippen molar-refractivity contribution in [3.63, 3.8) is 0 Å². The molecule has 1 aliphatic heterocycles. The van der Waals surface area contributed by atoms with Gasteiger partial charge in [0.1, 0.15) is 0 Å². The molecule has 0 saturated carbocycles. The predicted octanol–water partition coefficient (Wildman–Crippen LogP) is 1.50. The number of aliphatic hydroxyl groups excluding tert-OH is 1. The van der Waals surface area contributed by atoms with Crippen molar-refractivity contribution in [2.24, 2.45) is 0 Å². The van der Waals surface area contributed by atoms with E-state index >= 15 is 0 Å². The second-order valence-electron chi connectivity index (χ2n) is 4.86. The lowest BCUT2D eigenvalue weighted by atomic mass is 10.1. The fourth-order valence-electron chi connectivity index (χ4n) is 2.29. The summed E-state index contributed by atoms with van der Waals surface area (Å²) >= 11 is 0. The molecule has 0 atom stereocenters. The number of hydrogen-bond acceptors (Lipinski definition) is 3. The first kappa shape index (κ1) is 12.9. The zero-order valence-corrected chi connectivity index (χ0v) is 10.9. The smallest absolute Gasteiger partial charge is 0.254 e. The summed E-state index contributed by atoms with van der Waals surface area (Å²) in [6.07, 6.45) is 1.02. The molecule has 0 saturated heterocycles. The fraction of sp³-hybridized carbons (Fsp3) is 0.500. The maximum absolute atomic E-state index is 12.4. The maximum atomic E-state index is 12.4. The predicted molar refractivity (Wildman–Crippen MR) is 71.9 cm³/mol. The van der Waals surface area contributed by atoms with Gasteiger partial charge in [-0.25, -0.2) is 0 Å². The van der Waals surface area contributed by atoms with Gasteiger partial charge in [-0.3, -0.25) is 4.79 Å². The Morgan fingerprint density at radius 3 is 2.94 bits per heavy atom. The lowest BCUT2D eigenvalue weighted by molar-refractivity contribution is 0.0665. The van der Waals surface area contributed by atoms with Crippen LogP contribution in [0.5, 0.6) is 0 Å². The summed E-state index contributed by atoms with van der Waals surface area (Å²) in [5.74, 6) is -0.0180. The number of hydrogen-bond donors (Lipinski definition) is 2. The number of rotatable bonds is 4. The molecule has 1 amide bonds. The number of carbonyl (C=O) groups excluding carboxylic acids is 1. The normalized spacial score (nSPS) is 13.3. The Bertz CT molecular complexity index is 443. The van der Waals surface area contributed by atoms with Crippen LogP contribution >= 0.6 is 0 Å². The van der Waals surface area contributed by atoms with Crippen LogP contribution in [-0.2, 0) is 6.42 Å². The lowest BCUT2D eigenvalue weighted by Gasteiger charge is -2.26. The molecule has 4 nitrogen and oxygen atoms in total. The molecule has 2 rings (SSSR count). The summed E-state index contributed by atoms with van der Waals surface area (Å²) in [6.45, 7) is 5.23. The summed E-state index contributed by atoms with van der Waals surface area (Å²) in [4.78, 5) is 14.1. The minimum atomic E-state index is -0.0180. The van der Waals surface area contributed by atoms with E-state index in [2.05, 4.69) is 5.32 Å². The van der Waals surface area contributed by atoms with Gasteiger partial charge in [-0.15, -0.1) is 0 Å². The highest BCUT2D eigenvalue weighted by molar-refractivity contribution is 5.95. The second-order valence-corrected chi connectivity index (χ2v) is 4.86. The molecular formula is C14H20N2O2. The standard InChI is InChI=1S/C14H20N2O2/c1-10(2)16(7-8-17)14(18)12-4-3-11-5-6-15-13(11)9-12/h3-4,9-10,15,17H,5-8H2,1-2H3. The first-order chi connectivity index (χ1) is 8.63. The van der Waals surface area contributed by atoms with Gasteiger partial charge in [0.25, 0.3) is 5.91 Å². The molecule has 0 unspecified atom stereocenters. The van der Waals surface area contributed by atoms with Crippen LogP contribution in [0.25, 0.3) is 0 Å². The van der Waals surface area contributed by atoms with Gasteiger partial charge in [0.2, 0.25) is 0 Å². The first-order valence-electron chi connectivity index (χ1n) is 6.42. The first-order valence-corrected chi connectivity index (χ1v) is 6.42. The van der Waals surface area contributed by atoms with E-state index in [1.807, 2.05) is 32.0 Å². The molecule has 0 aliphatic carbocycles. The molecule has 1 aromatic rings. The Morgan fingerprint density at radius 2 is 2.28 bits per heavy atom. The Morgan fingerprint density at radius 1 is 1.50 bits per heavy atom. The summed E-state index contributed by atoms with van der Waals surface area (Å²) in [7, 11) is 0. The highest BCUT2D eigenvalue weighted by Crippen LogP contribution is 2.24. The highest BCUT2D eigenvalue weighted by atomic mass is 16.3. The molecule has 1 heterocycles. The Hall–Kier alpha value is -1.55. The maximum Gasteiger partial charge on any atom is 0.254 e. The number of nitrogens with zero attached hydrogens (tertiary/aromatic N) is 1. The van der Waals surface area contributed by atoms with Crippen molar-refractivity contribution >= 4 is 11.6 Å². The SMILES string of the molecule is CC(C)N(CCO)C(=O)c1ccc2c(c1)NCC2. The van der Waals surface area contributed by atoms with Crippen LogP contribution in [0, 0.1) is 0 Å². The minimum absolute atomic E-state index is 0.00683. The third-order valence-corrected chi connectivity index (χ3v) is 3.29. The van der Waals surface area contributed by atoms with E-state index in [-0.39, 0.29) is 18.6 Å². The number of benzene rings is 1. The average Bonchev–Trinajstić information content (AvgIpc) is 2.81. The van der Waals surface area contributed by atoms with E-state index < -0.39 is 0 Å². The van der Waals surface area contributed by atoms with Crippen molar-refractivity contribution in [2.45, 2.75) is 26.3 Å². The third-order valence-electron chi connectivity index (χ3n) is 3.29. The highest BCUT2D eigenvalue weighted by Gasteiger charge is 2.20. The summed E-state index contributed by atoms with van der Waals surface area (Å²) < 4.78 is 0. The molecule has 2 N–H and O–H groups in total. The molecule has 0 aromatic heterocycles. The van der Waals surface area contributed by atoms with Crippen molar-refractivity contribution in [3.05, 3.63) is 29.3 Å². The zero-order valence-electron chi connectivity index (χ0n) is 10.9. The van der Waals surface area contributed by atoms with E-state index in [9.17, 15) is 4.79 Å². The van der Waals surface area contributed by atoms with Gasteiger partial charge in [-0.05, 0) is 38.0 Å². The molecule has 1 aliphatic rings. The topological polar surface area (TPSA) is 52.6 Å². The number of aliphatic hydroxyl groups is 1. The quantitative estimate of drug-likeness (QED) is 0.849. The Balaban J connectivity index is 2.22. The average molecular weight is 248 g/mol. The Labute approximate surface area is 108 Å². The van der Waals surface area contributed by atoms with Crippen molar-refractivity contribution in [2.75, 3.05) is 25.0 Å². The van der Waals surface area contributed by atoms with Crippen molar-refractivity contribution in [1.82, 2.24) is 4.90 Å². The van der Waals surface area contributed by atoms with Gasteiger partial charge in [0.05, 0.1) is 6.61 Å². The monoisotopic (exact) mass is 248 g/mol. The van der Waals surface area contributed by atoms with Gasteiger partial charge in [0, 0.05) is 30.4 Å². The summed E-state index contributed by atoms with van der Waals surface area (Å²) in [5.41, 5.74) is 3.02. The number of carbonyl (C=O) groups is 1. The van der Waals surface area contributed by atoms with Crippen LogP contribution < -0.4 is 5.32 Å². The van der Waals surface area contributed by atoms with Crippen LogP contribution in [0.2, 0.25) is 0 Å². The van der Waals surface area contributed by atoms with Gasteiger partial charge >= 0.3 is 0 Å². The van der Waals surface area contributed by atoms with E-state index in [1.165, 1.54) is 5.56 Å². The van der Waals surface area contributed by atoms with Gasteiger partial charge in [-0.2, -0.15) is 0 Å². The molecular weight excluding hydrogens is 228 g/mol. The molecule has 0 spiro atoms. The van der Waals surface area contributed by atoms with Crippen LogP contribution in [0.3, 0.4) is 0 Å². The fourth-order valence-corrected chi connectivity index (χ4v) is 2.29. The minimum Gasteiger partial charge on any atom is -0.395 e. The molecule has 0 bridgehead atoms. The van der Waals surface area contributed by atoms with E-state index in [0.29, 0.717) is 12.1 Å². The third kappa shape index (κ3) is 2.48. The number of fused-ring (bicyclic) bond motifs is 1. The number of amides is 1. The van der Waals surface area contributed by atoms with E-state index in [1.54, 1.807) is 4.90 Å². The van der Waals surface area contributed by atoms with Crippen LogP contribution in [0.1, 0.15) is 29.8 Å². The van der Waals surface area contributed by atoms with Crippen LogP contribution in [0.15, 0.2) is 18.2 Å². The van der Waals surface area contributed by atoms with Crippen LogP contribution in [0.4, 0.5) is 5.69 Å².